The number of rotatable bonds is 2. The lowest BCUT2D eigenvalue weighted by Gasteiger charge is -2.32. The van der Waals surface area contributed by atoms with Gasteiger partial charge in [-0.3, -0.25) is 9.78 Å². The molecule has 0 radical (unpaired) electrons. The van der Waals surface area contributed by atoms with E-state index in [2.05, 4.69) is 10.1 Å². The lowest BCUT2D eigenvalue weighted by atomic mass is 10.0. The van der Waals surface area contributed by atoms with E-state index in [1.54, 1.807) is 30.3 Å². The zero-order valence-electron chi connectivity index (χ0n) is 12.2. The molecule has 0 saturated carbocycles. The summed E-state index contributed by atoms with van der Waals surface area (Å²) in [5.74, 6) is -1.05. The smallest absolute Gasteiger partial charge is 0.362 e. The van der Waals surface area contributed by atoms with Gasteiger partial charge < -0.3 is 5.11 Å². The molecule has 0 spiro atoms. The summed E-state index contributed by atoms with van der Waals surface area (Å²) < 4.78 is 40.3. The van der Waals surface area contributed by atoms with Gasteiger partial charge in [0.15, 0.2) is 0 Å². The fourth-order valence-electron chi connectivity index (χ4n) is 2.39. The van der Waals surface area contributed by atoms with E-state index in [0.29, 0.717) is 5.56 Å². The summed E-state index contributed by atoms with van der Waals surface area (Å²) in [6.07, 6.45) is -3.34. The lowest BCUT2D eigenvalue weighted by molar-refractivity contribution is -0.297. The molecule has 0 bridgehead atoms. The lowest BCUT2D eigenvalue weighted by Crippen LogP contribution is -2.56. The number of carbonyl (C=O) groups is 1. The van der Waals surface area contributed by atoms with E-state index in [4.69, 9.17) is 0 Å². The number of alkyl halides is 3. The molecule has 1 aliphatic rings. The summed E-state index contributed by atoms with van der Waals surface area (Å²) in [7, 11) is 0. The van der Waals surface area contributed by atoms with Crippen molar-refractivity contribution in [1.29, 1.82) is 0 Å². The molecule has 0 saturated heterocycles. The second-order valence-electron chi connectivity index (χ2n) is 5.26. The largest absolute Gasteiger partial charge is 0.438 e. The van der Waals surface area contributed by atoms with Crippen LogP contribution < -0.4 is 0 Å². The third-order valence-electron chi connectivity index (χ3n) is 3.67. The van der Waals surface area contributed by atoms with Crippen LogP contribution >= 0.6 is 0 Å². The SMILES string of the molecule is O=C(c1ccncc1)N1N=C(c2ccccc2)C[C@@]1(O)C(F)(F)F. The third-order valence-corrected chi connectivity index (χ3v) is 3.67. The molecule has 2 aromatic rings. The number of halogens is 3. The molecule has 0 unspecified atom stereocenters. The zero-order chi connectivity index (χ0) is 17.4. The Morgan fingerprint density at radius 3 is 2.33 bits per heavy atom. The molecule has 8 heteroatoms. The van der Waals surface area contributed by atoms with Crippen molar-refractivity contribution in [3.8, 4) is 0 Å². The second kappa shape index (κ2) is 5.72. The van der Waals surface area contributed by atoms with Crippen molar-refractivity contribution >= 4 is 11.6 Å². The van der Waals surface area contributed by atoms with E-state index < -0.39 is 24.2 Å². The van der Waals surface area contributed by atoms with E-state index in [0.717, 1.165) is 0 Å². The fraction of sp³-hybridized carbons (Fsp3) is 0.188. The van der Waals surface area contributed by atoms with Crippen LogP contribution in [-0.2, 0) is 0 Å². The minimum atomic E-state index is -5.06. The second-order valence-corrected chi connectivity index (χ2v) is 5.26. The van der Waals surface area contributed by atoms with Crippen molar-refractivity contribution in [1.82, 2.24) is 9.99 Å². The average molecular weight is 335 g/mol. The van der Waals surface area contributed by atoms with Gasteiger partial charge in [-0.15, -0.1) is 0 Å². The van der Waals surface area contributed by atoms with Crippen molar-refractivity contribution in [2.24, 2.45) is 5.10 Å². The zero-order valence-corrected chi connectivity index (χ0v) is 12.2. The minimum Gasteiger partial charge on any atom is -0.362 e. The van der Waals surface area contributed by atoms with Gasteiger partial charge in [0.05, 0.1) is 12.1 Å². The Bertz CT molecular complexity index is 778. The van der Waals surface area contributed by atoms with Crippen LogP contribution in [0.3, 0.4) is 0 Å². The maximum Gasteiger partial charge on any atom is 0.438 e. The molecule has 124 valence electrons. The van der Waals surface area contributed by atoms with Gasteiger partial charge in [-0.2, -0.15) is 23.3 Å². The Hall–Kier alpha value is -2.74. The van der Waals surface area contributed by atoms with Gasteiger partial charge in [-0.05, 0) is 17.7 Å². The molecule has 1 amide bonds. The summed E-state index contributed by atoms with van der Waals surface area (Å²) >= 11 is 0. The quantitative estimate of drug-likeness (QED) is 0.917. The van der Waals surface area contributed by atoms with Crippen molar-refractivity contribution in [2.75, 3.05) is 0 Å². The van der Waals surface area contributed by atoms with E-state index in [1.807, 2.05) is 0 Å². The van der Waals surface area contributed by atoms with E-state index in [9.17, 15) is 23.1 Å². The van der Waals surface area contributed by atoms with Crippen LogP contribution in [0.15, 0.2) is 60.0 Å². The van der Waals surface area contributed by atoms with Crippen LogP contribution in [0.4, 0.5) is 13.2 Å². The highest BCUT2D eigenvalue weighted by Crippen LogP contribution is 2.41. The topological polar surface area (TPSA) is 65.8 Å². The molecule has 5 nitrogen and oxygen atoms in total. The van der Waals surface area contributed by atoms with Gasteiger partial charge in [0.2, 0.25) is 0 Å². The molecule has 1 aromatic heterocycles. The molecule has 1 atom stereocenters. The first-order valence-electron chi connectivity index (χ1n) is 6.99. The number of nitrogens with zero attached hydrogens (tertiary/aromatic N) is 3. The maximum atomic E-state index is 13.4. The average Bonchev–Trinajstić information content (AvgIpc) is 2.95. The molecule has 1 N–H and O–H groups in total. The molecule has 0 fully saturated rings. The molecule has 1 aromatic carbocycles. The van der Waals surface area contributed by atoms with E-state index in [-0.39, 0.29) is 16.3 Å². The number of pyridine rings is 1. The summed E-state index contributed by atoms with van der Waals surface area (Å²) in [6.45, 7) is 0. The highest BCUT2D eigenvalue weighted by Gasteiger charge is 2.63. The normalized spacial score (nSPS) is 20.8. The van der Waals surface area contributed by atoms with Crippen molar-refractivity contribution in [2.45, 2.75) is 18.3 Å². The predicted molar refractivity (Wildman–Crippen MR) is 79.0 cm³/mol. The van der Waals surface area contributed by atoms with Gasteiger partial charge in [0.25, 0.3) is 11.6 Å². The van der Waals surface area contributed by atoms with Crippen LogP contribution in [0.25, 0.3) is 0 Å². The fourth-order valence-corrected chi connectivity index (χ4v) is 2.39. The Kier molecular flexibility index (Phi) is 3.84. The first kappa shape index (κ1) is 16.1. The van der Waals surface area contributed by atoms with E-state index >= 15 is 0 Å². The molecule has 0 aliphatic carbocycles. The molecular formula is C16H12F3N3O2. The van der Waals surface area contributed by atoms with Crippen molar-refractivity contribution < 1.29 is 23.1 Å². The number of hydrazone groups is 1. The number of benzene rings is 1. The Labute approximate surface area is 135 Å². The van der Waals surface area contributed by atoms with Gasteiger partial charge in [0.1, 0.15) is 0 Å². The number of aromatic nitrogens is 1. The number of carbonyl (C=O) groups excluding carboxylic acids is 1. The summed E-state index contributed by atoms with van der Waals surface area (Å²) in [5, 5.41) is 14.1. The molecule has 1 aliphatic heterocycles. The predicted octanol–water partition coefficient (Wildman–Crippen LogP) is 2.58. The van der Waals surface area contributed by atoms with Gasteiger partial charge >= 0.3 is 6.18 Å². The first-order valence-corrected chi connectivity index (χ1v) is 6.99. The molecule has 3 rings (SSSR count). The van der Waals surface area contributed by atoms with Gasteiger partial charge in [0, 0.05) is 18.0 Å². The summed E-state index contributed by atoms with van der Waals surface area (Å²) in [6, 6.07) is 10.6. The van der Waals surface area contributed by atoms with E-state index in [1.165, 1.54) is 24.5 Å². The first-order chi connectivity index (χ1) is 11.3. The Balaban J connectivity index is 2.05. The summed E-state index contributed by atoms with van der Waals surface area (Å²) in [5.41, 5.74) is -3.05. The van der Waals surface area contributed by atoms with Crippen molar-refractivity contribution in [3.05, 3.63) is 66.0 Å². The van der Waals surface area contributed by atoms with Crippen LogP contribution in [0.5, 0.6) is 0 Å². The summed E-state index contributed by atoms with van der Waals surface area (Å²) in [4.78, 5) is 16.1. The number of amides is 1. The number of aliphatic hydroxyl groups is 1. The monoisotopic (exact) mass is 335 g/mol. The minimum absolute atomic E-state index is 0.0159. The molecule has 24 heavy (non-hydrogen) atoms. The number of hydrogen-bond donors (Lipinski definition) is 1. The highest BCUT2D eigenvalue weighted by atomic mass is 19.4. The third kappa shape index (κ3) is 2.65. The Morgan fingerprint density at radius 2 is 1.75 bits per heavy atom. The number of hydrogen-bond acceptors (Lipinski definition) is 4. The maximum absolute atomic E-state index is 13.4. The van der Waals surface area contributed by atoms with Gasteiger partial charge in [-0.1, -0.05) is 30.3 Å². The standard InChI is InChI=1S/C16H12F3N3O2/c17-16(18,19)15(24)10-13(11-4-2-1-3-5-11)21-22(15)14(23)12-6-8-20-9-7-12/h1-9,24H,10H2/t15-/m1/s1. The molecular weight excluding hydrogens is 323 g/mol. The van der Waals surface area contributed by atoms with Crippen molar-refractivity contribution in [3.63, 3.8) is 0 Å². The van der Waals surface area contributed by atoms with Gasteiger partial charge in [-0.25, -0.2) is 0 Å². The van der Waals surface area contributed by atoms with Crippen LogP contribution in [0, 0.1) is 0 Å². The Morgan fingerprint density at radius 1 is 1.12 bits per heavy atom. The highest BCUT2D eigenvalue weighted by molar-refractivity contribution is 6.05. The van der Waals surface area contributed by atoms with Crippen LogP contribution in [0.1, 0.15) is 22.3 Å². The molecule has 2 heterocycles. The van der Waals surface area contributed by atoms with Crippen LogP contribution in [0.2, 0.25) is 0 Å². The van der Waals surface area contributed by atoms with Crippen LogP contribution in [-0.4, -0.2) is 38.6 Å².